The molecule has 2 aromatic carbocycles. The highest BCUT2D eigenvalue weighted by atomic mass is 16.5. The van der Waals surface area contributed by atoms with Crippen molar-refractivity contribution in [2.45, 2.75) is 19.4 Å². The van der Waals surface area contributed by atoms with Crippen molar-refractivity contribution in [2.24, 2.45) is 0 Å². The molecule has 0 N–H and O–H groups in total. The first kappa shape index (κ1) is 18.6. The molecule has 0 radical (unpaired) electrons. The number of benzene rings is 2. The van der Waals surface area contributed by atoms with Crippen LogP contribution in [0.3, 0.4) is 0 Å². The van der Waals surface area contributed by atoms with E-state index in [1.165, 1.54) is 0 Å². The predicted molar refractivity (Wildman–Crippen MR) is 97.2 cm³/mol. The average Bonchev–Trinajstić information content (AvgIpc) is 2.66. The Balaban J connectivity index is 1.80. The second-order valence-electron chi connectivity index (χ2n) is 5.69. The Morgan fingerprint density at radius 1 is 1.00 bits per heavy atom. The van der Waals surface area contributed by atoms with E-state index >= 15 is 0 Å². The van der Waals surface area contributed by atoms with Crippen LogP contribution in [0.2, 0.25) is 0 Å². The number of carbonyl (C=O) groups excluding carboxylic acids is 1. The summed E-state index contributed by atoms with van der Waals surface area (Å²) in [7, 11) is 5.02. The van der Waals surface area contributed by atoms with Gasteiger partial charge in [-0.15, -0.1) is 0 Å². The Morgan fingerprint density at radius 3 is 2.44 bits per heavy atom. The van der Waals surface area contributed by atoms with Crippen molar-refractivity contribution in [1.29, 1.82) is 0 Å². The first-order valence-corrected chi connectivity index (χ1v) is 8.26. The zero-order valence-electron chi connectivity index (χ0n) is 15.0. The summed E-state index contributed by atoms with van der Waals surface area (Å²) in [5, 5.41) is 0. The van der Waals surface area contributed by atoms with E-state index in [1.54, 1.807) is 26.2 Å². The fourth-order valence-corrected chi connectivity index (χ4v) is 2.45. The minimum atomic E-state index is 0.0783. The Morgan fingerprint density at radius 2 is 1.76 bits per heavy atom. The standard InChI is InChI=1S/C20H25NO4/c1-21(15-16-11-12-18(23-2)14-19(16)24-3)20(22)10-7-13-25-17-8-5-4-6-9-17/h4-6,8-9,11-12,14H,7,10,13,15H2,1-3H3. The summed E-state index contributed by atoms with van der Waals surface area (Å²) in [5.74, 6) is 2.35. The van der Waals surface area contributed by atoms with Crippen LogP contribution in [0.1, 0.15) is 18.4 Å². The zero-order chi connectivity index (χ0) is 18.1. The molecule has 5 nitrogen and oxygen atoms in total. The van der Waals surface area contributed by atoms with Gasteiger partial charge < -0.3 is 19.1 Å². The summed E-state index contributed by atoms with van der Waals surface area (Å²) in [6.45, 7) is 1.01. The van der Waals surface area contributed by atoms with Crippen molar-refractivity contribution in [2.75, 3.05) is 27.9 Å². The van der Waals surface area contributed by atoms with Crippen LogP contribution in [0.25, 0.3) is 0 Å². The summed E-state index contributed by atoms with van der Waals surface area (Å²) in [4.78, 5) is 14.0. The summed E-state index contributed by atoms with van der Waals surface area (Å²) >= 11 is 0. The minimum Gasteiger partial charge on any atom is -0.497 e. The lowest BCUT2D eigenvalue weighted by Gasteiger charge is -2.19. The molecular weight excluding hydrogens is 318 g/mol. The van der Waals surface area contributed by atoms with Crippen LogP contribution in [0.4, 0.5) is 0 Å². The fourth-order valence-electron chi connectivity index (χ4n) is 2.45. The third-order valence-corrected chi connectivity index (χ3v) is 3.87. The van der Waals surface area contributed by atoms with Crippen LogP contribution in [0.15, 0.2) is 48.5 Å². The second kappa shape index (κ2) is 9.57. The Bertz CT molecular complexity index is 673. The van der Waals surface area contributed by atoms with E-state index in [4.69, 9.17) is 14.2 Å². The molecule has 0 saturated heterocycles. The van der Waals surface area contributed by atoms with Gasteiger partial charge in [0.2, 0.25) is 5.91 Å². The normalized spacial score (nSPS) is 10.2. The smallest absolute Gasteiger partial charge is 0.222 e. The molecule has 0 atom stereocenters. The van der Waals surface area contributed by atoms with Crippen molar-refractivity contribution in [3.8, 4) is 17.2 Å². The molecular formula is C20H25NO4. The highest BCUT2D eigenvalue weighted by Gasteiger charge is 2.12. The number of carbonyl (C=O) groups is 1. The van der Waals surface area contributed by atoms with E-state index in [-0.39, 0.29) is 5.91 Å². The summed E-state index contributed by atoms with van der Waals surface area (Å²) < 4.78 is 16.2. The number of para-hydroxylation sites is 1. The molecule has 0 saturated carbocycles. The molecule has 0 aliphatic rings. The topological polar surface area (TPSA) is 48.0 Å². The predicted octanol–water partition coefficient (Wildman–Crippen LogP) is 3.52. The second-order valence-corrected chi connectivity index (χ2v) is 5.69. The van der Waals surface area contributed by atoms with E-state index in [2.05, 4.69) is 0 Å². The van der Waals surface area contributed by atoms with Gasteiger partial charge in [-0.3, -0.25) is 4.79 Å². The number of ether oxygens (including phenoxy) is 3. The lowest BCUT2D eigenvalue weighted by atomic mass is 10.1. The van der Waals surface area contributed by atoms with Gasteiger partial charge in [0.25, 0.3) is 0 Å². The largest absolute Gasteiger partial charge is 0.497 e. The van der Waals surface area contributed by atoms with Crippen molar-refractivity contribution < 1.29 is 19.0 Å². The van der Waals surface area contributed by atoms with Crippen LogP contribution >= 0.6 is 0 Å². The average molecular weight is 343 g/mol. The molecule has 2 aromatic rings. The van der Waals surface area contributed by atoms with Crippen LogP contribution < -0.4 is 14.2 Å². The third-order valence-electron chi connectivity index (χ3n) is 3.87. The number of rotatable bonds is 9. The molecule has 0 heterocycles. The van der Waals surface area contributed by atoms with Gasteiger partial charge in [0.15, 0.2) is 0 Å². The Hall–Kier alpha value is -2.69. The fraction of sp³-hybridized carbons (Fsp3) is 0.350. The summed E-state index contributed by atoms with van der Waals surface area (Å²) in [6.07, 6.45) is 1.12. The van der Waals surface area contributed by atoms with Gasteiger partial charge in [-0.2, -0.15) is 0 Å². The monoisotopic (exact) mass is 343 g/mol. The number of methoxy groups -OCH3 is 2. The molecule has 0 fully saturated rings. The molecule has 5 heteroatoms. The van der Waals surface area contributed by atoms with Crippen LogP contribution in [-0.2, 0) is 11.3 Å². The molecule has 0 spiro atoms. The lowest BCUT2D eigenvalue weighted by Crippen LogP contribution is -2.26. The molecule has 134 valence electrons. The Labute approximate surface area is 149 Å². The van der Waals surface area contributed by atoms with Crippen LogP contribution in [-0.4, -0.2) is 38.7 Å². The lowest BCUT2D eigenvalue weighted by molar-refractivity contribution is -0.130. The van der Waals surface area contributed by atoms with Crippen molar-refractivity contribution >= 4 is 5.91 Å². The molecule has 0 unspecified atom stereocenters. The Kier molecular flexibility index (Phi) is 7.14. The van der Waals surface area contributed by atoms with E-state index in [0.717, 1.165) is 17.1 Å². The maximum atomic E-state index is 12.3. The maximum absolute atomic E-state index is 12.3. The van der Waals surface area contributed by atoms with Crippen molar-refractivity contribution in [1.82, 2.24) is 4.90 Å². The third kappa shape index (κ3) is 5.71. The molecule has 0 bridgehead atoms. The first-order chi connectivity index (χ1) is 12.1. The van der Waals surface area contributed by atoms with E-state index < -0.39 is 0 Å². The quantitative estimate of drug-likeness (QED) is 0.654. The molecule has 1 amide bonds. The van der Waals surface area contributed by atoms with E-state index in [9.17, 15) is 4.79 Å². The molecule has 0 aliphatic carbocycles. The van der Waals surface area contributed by atoms with E-state index in [0.29, 0.717) is 31.7 Å². The zero-order valence-corrected chi connectivity index (χ0v) is 15.0. The van der Waals surface area contributed by atoms with Crippen molar-refractivity contribution in [3.63, 3.8) is 0 Å². The number of amides is 1. The van der Waals surface area contributed by atoms with Gasteiger partial charge in [-0.1, -0.05) is 18.2 Å². The first-order valence-electron chi connectivity index (χ1n) is 8.26. The SMILES string of the molecule is COc1ccc(CN(C)C(=O)CCCOc2ccccc2)c(OC)c1. The summed E-state index contributed by atoms with van der Waals surface area (Å²) in [6, 6.07) is 15.2. The molecule has 0 aromatic heterocycles. The summed E-state index contributed by atoms with van der Waals surface area (Å²) in [5.41, 5.74) is 0.944. The number of hydrogen-bond acceptors (Lipinski definition) is 4. The maximum Gasteiger partial charge on any atom is 0.222 e. The van der Waals surface area contributed by atoms with Crippen LogP contribution in [0.5, 0.6) is 17.2 Å². The van der Waals surface area contributed by atoms with E-state index in [1.807, 2.05) is 48.5 Å². The molecule has 0 aliphatic heterocycles. The molecule has 2 rings (SSSR count). The van der Waals surface area contributed by atoms with Gasteiger partial charge in [-0.05, 0) is 30.7 Å². The van der Waals surface area contributed by atoms with Gasteiger partial charge in [-0.25, -0.2) is 0 Å². The van der Waals surface area contributed by atoms with Gasteiger partial charge >= 0.3 is 0 Å². The molecule has 25 heavy (non-hydrogen) atoms. The van der Waals surface area contributed by atoms with Crippen LogP contribution in [0, 0.1) is 0 Å². The highest BCUT2D eigenvalue weighted by molar-refractivity contribution is 5.75. The van der Waals surface area contributed by atoms with Gasteiger partial charge in [0.1, 0.15) is 17.2 Å². The van der Waals surface area contributed by atoms with Gasteiger partial charge in [0, 0.05) is 31.6 Å². The highest BCUT2D eigenvalue weighted by Crippen LogP contribution is 2.25. The van der Waals surface area contributed by atoms with Crippen molar-refractivity contribution in [3.05, 3.63) is 54.1 Å². The number of nitrogens with zero attached hydrogens (tertiary/aromatic N) is 1. The number of hydrogen-bond donors (Lipinski definition) is 0. The van der Waals surface area contributed by atoms with Gasteiger partial charge in [0.05, 0.1) is 20.8 Å². The minimum absolute atomic E-state index is 0.0783.